The summed E-state index contributed by atoms with van der Waals surface area (Å²) in [5.74, 6) is 0. The van der Waals surface area contributed by atoms with Gasteiger partial charge in [-0.25, -0.2) is 5.32 Å². The summed E-state index contributed by atoms with van der Waals surface area (Å²) >= 11 is 0. The lowest BCUT2D eigenvalue weighted by atomic mass is 9.95. The van der Waals surface area contributed by atoms with E-state index in [-0.39, 0.29) is 0 Å². The maximum absolute atomic E-state index is 4.23. The fourth-order valence-electron chi connectivity index (χ4n) is 1.51. The van der Waals surface area contributed by atoms with Crippen molar-refractivity contribution < 1.29 is 0 Å². The normalized spacial score (nSPS) is 31.2. The van der Waals surface area contributed by atoms with Crippen LogP contribution < -0.4 is 21.5 Å². The third-order valence-corrected chi connectivity index (χ3v) is 2.29. The lowest BCUT2D eigenvalue weighted by Crippen LogP contribution is -2.56. The average molecular weight is 141 g/mol. The summed E-state index contributed by atoms with van der Waals surface area (Å²) in [7, 11) is 0. The van der Waals surface area contributed by atoms with E-state index in [1.165, 1.54) is 0 Å². The second kappa shape index (κ2) is 2.47. The van der Waals surface area contributed by atoms with Gasteiger partial charge in [-0.05, 0) is 6.42 Å². The van der Waals surface area contributed by atoms with Gasteiger partial charge in [-0.15, -0.1) is 0 Å². The van der Waals surface area contributed by atoms with Gasteiger partial charge in [0.05, 0.1) is 6.67 Å². The van der Waals surface area contributed by atoms with E-state index in [9.17, 15) is 0 Å². The summed E-state index contributed by atoms with van der Waals surface area (Å²) in [5, 5.41) is 7.63. The zero-order valence-electron chi connectivity index (χ0n) is 5.98. The van der Waals surface area contributed by atoms with Crippen LogP contribution in [0.1, 0.15) is 6.42 Å². The molecule has 0 atom stereocenters. The lowest BCUT2D eigenvalue weighted by Gasteiger charge is -2.32. The van der Waals surface area contributed by atoms with Gasteiger partial charge in [-0.2, -0.15) is 0 Å². The molecule has 1 spiro atoms. The van der Waals surface area contributed by atoms with E-state index in [2.05, 4.69) is 21.5 Å². The van der Waals surface area contributed by atoms with Crippen LogP contribution in [0.2, 0.25) is 0 Å². The van der Waals surface area contributed by atoms with Crippen molar-refractivity contribution in [2.45, 2.75) is 12.0 Å². The third-order valence-electron chi connectivity index (χ3n) is 2.29. The molecule has 2 rings (SSSR count). The van der Waals surface area contributed by atoms with E-state index in [4.69, 9.17) is 0 Å². The second-order valence-corrected chi connectivity index (χ2v) is 3.02. The lowest BCUT2D eigenvalue weighted by molar-refractivity contribution is 0.282. The largest absolute Gasteiger partial charge is 0.295 e. The Morgan fingerprint density at radius 3 is 2.60 bits per heavy atom. The summed E-state index contributed by atoms with van der Waals surface area (Å²) in [6.07, 6.45) is 1.16. The highest BCUT2D eigenvalue weighted by Gasteiger charge is 2.34. The van der Waals surface area contributed by atoms with Gasteiger partial charge in [-0.1, -0.05) is 0 Å². The first-order valence-corrected chi connectivity index (χ1v) is 3.75. The number of nitrogens with zero attached hydrogens (tertiary/aromatic N) is 1. The van der Waals surface area contributed by atoms with Crippen molar-refractivity contribution in [3.8, 4) is 0 Å². The van der Waals surface area contributed by atoms with Crippen molar-refractivity contribution in [2.24, 2.45) is 0 Å². The Kier molecular flexibility index (Phi) is 1.61. The maximum Gasteiger partial charge on any atom is 0.0628 e. The first-order chi connectivity index (χ1) is 4.91. The molecular formula is C6H13N4. The first-order valence-electron chi connectivity index (χ1n) is 3.75. The predicted octanol–water partition coefficient (Wildman–Crippen LogP) is -1.61. The van der Waals surface area contributed by atoms with Crippen LogP contribution in [0.25, 0.3) is 0 Å². The van der Waals surface area contributed by atoms with E-state index in [0.29, 0.717) is 5.54 Å². The Morgan fingerprint density at radius 2 is 2.00 bits per heavy atom. The van der Waals surface area contributed by atoms with Gasteiger partial charge in [0.15, 0.2) is 0 Å². The summed E-state index contributed by atoms with van der Waals surface area (Å²) in [5.41, 5.74) is 6.56. The summed E-state index contributed by atoms with van der Waals surface area (Å²) in [6.45, 7) is 3.89. The van der Waals surface area contributed by atoms with Crippen LogP contribution >= 0.6 is 0 Å². The fraction of sp³-hybridized carbons (Fsp3) is 1.00. The molecule has 3 N–H and O–H groups in total. The van der Waals surface area contributed by atoms with E-state index in [0.717, 1.165) is 32.7 Å². The summed E-state index contributed by atoms with van der Waals surface area (Å²) in [6, 6.07) is 0. The molecule has 0 amide bonds. The van der Waals surface area contributed by atoms with Crippen LogP contribution in [0, 0.1) is 0 Å². The van der Waals surface area contributed by atoms with Crippen LogP contribution in [-0.2, 0) is 0 Å². The van der Waals surface area contributed by atoms with Crippen LogP contribution in [0.5, 0.6) is 0 Å². The zero-order valence-corrected chi connectivity index (χ0v) is 5.98. The molecule has 2 aliphatic heterocycles. The molecule has 0 saturated carbocycles. The molecule has 4 nitrogen and oxygen atoms in total. The second-order valence-electron chi connectivity index (χ2n) is 3.02. The molecule has 2 heterocycles. The summed E-state index contributed by atoms with van der Waals surface area (Å²) < 4.78 is 0. The predicted molar refractivity (Wildman–Crippen MR) is 38.4 cm³/mol. The molecule has 0 unspecified atom stereocenters. The van der Waals surface area contributed by atoms with Gasteiger partial charge in [0, 0.05) is 25.2 Å². The molecule has 0 bridgehead atoms. The summed E-state index contributed by atoms with van der Waals surface area (Å²) in [4.78, 5) is 0. The minimum atomic E-state index is 0.307. The quantitative estimate of drug-likeness (QED) is 0.380. The van der Waals surface area contributed by atoms with Gasteiger partial charge in [0.1, 0.15) is 0 Å². The van der Waals surface area contributed by atoms with E-state index in [1.807, 2.05) is 0 Å². The van der Waals surface area contributed by atoms with Crippen LogP contribution in [0.3, 0.4) is 0 Å². The van der Waals surface area contributed by atoms with Crippen molar-refractivity contribution >= 4 is 0 Å². The van der Waals surface area contributed by atoms with E-state index in [1.54, 1.807) is 0 Å². The molecule has 57 valence electrons. The average Bonchev–Trinajstić information content (AvgIpc) is 2.39. The van der Waals surface area contributed by atoms with Crippen LogP contribution in [0.15, 0.2) is 0 Å². The molecule has 2 fully saturated rings. The van der Waals surface area contributed by atoms with Gasteiger partial charge in [0.2, 0.25) is 0 Å². The number of nitrogens with one attached hydrogen (secondary N) is 3. The SMILES string of the molecule is C1CC2(CNNC2)NC[N]1. The Balaban J connectivity index is 1.98. The molecule has 0 aromatic rings. The van der Waals surface area contributed by atoms with Crippen molar-refractivity contribution in [2.75, 3.05) is 26.3 Å². The van der Waals surface area contributed by atoms with Gasteiger partial charge in [0.25, 0.3) is 0 Å². The monoisotopic (exact) mass is 141 g/mol. The van der Waals surface area contributed by atoms with Crippen LogP contribution in [0.4, 0.5) is 0 Å². The highest BCUT2D eigenvalue weighted by molar-refractivity contribution is 4.97. The smallest absolute Gasteiger partial charge is 0.0628 e. The molecule has 0 aliphatic carbocycles. The Bertz CT molecular complexity index is 111. The van der Waals surface area contributed by atoms with E-state index < -0.39 is 0 Å². The number of hydrogen-bond acceptors (Lipinski definition) is 3. The van der Waals surface area contributed by atoms with Gasteiger partial charge in [-0.3, -0.25) is 16.2 Å². The van der Waals surface area contributed by atoms with Crippen molar-refractivity contribution in [1.82, 2.24) is 21.5 Å². The van der Waals surface area contributed by atoms with E-state index >= 15 is 0 Å². The Labute approximate surface area is 60.7 Å². The Hall–Kier alpha value is -0.160. The molecule has 4 heteroatoms. The highest BCUT2D eigenvalue weighted by atomic mass is 15.4. The first kappa shape index (κ1) is 6.54. The van der Waals surface area contributed by atoms with Crippen molar-refractivity contribution in [1.29, 1.82) is 0 Å². The highest BCUT2D eigenvalue weighted by Crippen LogP contribution is 2.13. The molecule has 0 aromatic heterocycles. The minimum Gasteiger partial charge on any atom is -0.295 e. The van der Waals surface area contributed by atoms with Crippen molar-refractivity contribution in [3.05, 3.63) is 0 Å². The number of hydrogen-bond donors (Lipinski definition) is 3. The molecule has 1 radical (unpaired) electrons. The number of hydrazine groups is 1. The van der Waals surface area contributed by atoms with Crippen LogP contribution in [-0.4, -0.2) is 31.8 Å². The fourth-order valence-corrected chi connectivity index (χ4v) is 1.51. The molecule has 10 heavy (non-hydrogen) atoms. The maximum atomic E-state index is 4.23. The van der Waals surface area contributed by atoms with Gasteiger partial charge < -0.3 is 0 Å². The van der Waals surface area contributed by atoms with Crippen molar-refractivity contribution in [3.63, 3.8) is 0 Å². The molecule has 2 aliphatic rings. The standard InChI is InChI=1S/C6H13N4/c1-2-7-5-8-6(1)3-9-10-4-6/h8-10H,1-5H2. The molecule has 2 saturated heterocycles. The molecular weight excluding hydrogens is 128 g/mol. The topological polar surface area (TPSA) is 50.2 Å². The molecule has 0 aromatic carbocycles. The number of rotatable bonds is 0. The Morgan fingerprint density at radius 1 is 1.20 bits per heavy atom. The minimum absolute atomic E-state index is 0.307. The zero-order chi connectivity index (χ0) is 6.86. The third kappa shape index (κ3) is 1.03. The van der Waals surface area contributed by atoms with Gasteiger partial charge >= 0.3 is 0 Å².